The minimum absolute atomic E-state index is 0.0355. The molecule has 1 unspecified atom stereocenters. The highest BCUT2D eigenvalue weighted by molar-refractivity contribution is 6.45. The molecule has 1 atom stereocenters. The summed E-state index contributed by atoms with van der Waals surface area (Å²) in [4.78, 5) is 30.7. The zero-order valence-electron chi connectivity index (χ0n) is 19.0. The first-order valence-corrected chi connectivity index (χ1v) is 10.9. The number of amides is 2. The van der Waals surface area contributed by atoms with Crippen molar-refractivity contribution < 1.29 is 28.9 Å². The van der Waals surface area contributed by atoms with Crippen LogP contribution in [0.1, 0.15) is 18.4 Å². The molecule has 1 N–H and O–H groups in total. The fraction of sp³-hybridized carbons (Fsp3) is 0.360. The number of benzene rings is 2. The van der Waals surface area contributed by atoms with Crippen LogP contribution in [-0.2, 0) is 9.59 Å². The molecule has 2 amide bonds. The molecule has 2 aromatic carbocycles. The maximum absolute atomic E-state index is 13.8. The number of anilines is 1. The quantitative estimate of drug-likeness (QED) is 0.646. The standard InChI is InChI=1S/C25H28N2O6/c1-31-19-9-5-4-8-18(19)27-24(29)22(17-10-11-20(32-2)21(13-17)33-3)23(25(27)30)26-12-6-7-16(14-26)15-28/h4-5,8-11,13,16,28H,6-7,12,14-15H2,1-3H3. The van der Waals surface area contributed by atoms with Crippen LogP contribution in [0.15, 0.2) is 48.2 Å². The molecule has 0 radical (unpaired) electrons. The molecule has 1 fully saturated rings. The first kappa shape index (κ1) is 22.7. The minimum Gasteiger partial charge on any atom is -0.495 e. The number of aliphatic hydroxyl groups is 1. The molecule has 0 aliphatic carbocycles. The van der Waals surface area contributed by atoms with Gasteiger partial charge >= 0.3 is 0 Å². The summed E-state index contributed by atoms with van der Waals surface area (Å²) in [6.45, 7) is 1.16. The Balaban J connectivity index is 1.86. The van der Waals surface area contributed by atoms with Gasteiger partial charge in [-0.25, -0.2) is 4.90 Å². The molecule has 174 valence electrons. The molecule has 0 saturated carbocycles. The second-order valence-corrected chi connectivity index (χ2v) is 8.05. The Morgan fingerprint density at radius 1 is 0.939 bits per heavy atom. The van der Waals surface area contributed by atoms with Crippen molar-refractivity contribution in [3.63, 3.8) is 0 Å². The second kappa shape index (κ2) is 9.54. The van der Waals surface area contributed by atoms with Crippen LogP contribution in [0.25, 0.3) is 5.57 Å². The number of piperidine rings is 1. The number of rotatable bonds is 7. The van der Waals surface area contributed by atoms with Crippen molar-refractivity contribution in [3.8, 4) is 17.2 Å². The Kier molecular flexibility index (Phi) is 6.55. The molecule has 8 nitrogen and oxygen atoms in total. The lowest BCUT2D eigenvalue weighted by molar-refractivity contribution is -0.120. The van der Waals surface area contributed by atoms with Crippen molar-refractivity contribution in [2.24, 2.45) is 5.92 Å². The molecule has 1 saturated heterocycles. The number of para-hydroxylation sites is 2. The average Bonchev–Trinajstić information content (AvgIpc) is 3.13. The summed E-state index contributed by atoms with van der Waals surface area (Å²) in [5, 5.41) is 9.72. The van der Waals surface area contributed by atoms with E-state index in [9.17, 15) is 14.7 Å². The number of hydrogen-bond acceptors (Lipinski definition) is 7. The number of methoxy groups -OCH3 is 3. The van der Waals surface area contributed by atoms with E-state index in [1.807, 2.05) is 4.90 Å². The summed E-state index contributed by atoms with van der Waals surface area (Å²) in [6, 6.07) is 12.1. The highest BCUT2D eigenvalue weighted by atomic mass is 16.5. The van der Waals surface area contributed by atoms with Crippen molar-refractivity contribution in [3.05, 3.63) is 53.7 Å². The lowest BCUT2D eigenvalue weighted by Gasteiger charge is -2.34. The van der Waals surface area contributed by atoms with Gasteiger partial charge in [0, 0.05) is 19.7 Å². The maximum Gasteiger partial charge on any atom is 0.282 e. The molecule has 2 aliphatic heterocycles. The number of carbonyl (C=O) groups is 2. The number of ether oxygens (including phenoxy) is 3. The van der Waals surface area contributed by atoms with Crippen molar-refractivity contribution in [2.75, 3.05) is 45.9 Å². The highest BCUT2D eigenvalue weighted by Crippen LogP contribution is 2.41. The van der Waals surface area contributed by atoms with Gasteiger partial charge in [0.1, 0.15) is 11.4 Å². The Hall–Kier alpha value is -3.52. The van der Waals surface area contributed by atoms with Gasteiger partial charge < -0.3 is 24.2 Å². The molecule has 4 rings (SSSR count). The van der Waals surface area contributed by atoms with E-state index >= 15 is 0 Å². The number of carbonyl (C=O) groups excluding carboxylic acids is 2. The predicted molar refractivity (Wildman–Crippen MR) is 123 cm³/mol. The van der Waals surface area contributed by atoms with Crippen LogP contribution in [-0.4, -0.2) is 62.8 Å². The molecule has 8 heteroatoms. The highest BCUT2D eigenvalue weighted by Gasteiger charge is 2.44. The lowest BCUT2D eigenvalue weighted by Crippen LogP contribution is -2.40. The van der Waals surface area contributed by atoms with E-state index < -0.39 is 11.8 Å². The summed E-state index contributed by atoms with van der Waals surface area (Å²) < 4.78 is 16.2. The van der Waals surface area contributed by atoms with Crippen molar-refractivity contribution in [1.29, 1.82) is 0 Å². The molecule has 2 aromatic rings. The van der Waals surface area contributed by atoms with Crippen LogP contribution in [0, 0.1) is 5.92 Å². The zero-order valence-corrected chi connectivity index (χ0v) is 19.0. The first-order chi connectivity index (χ1) is 16.0. The molecule has 0 bridgehead atoms. The Bertz CT molecular complexity index is 1100. The van der Waals surface area contributed by atoms with Crippen molar-refractivity contribution in [1.82, 2.24) is 4.90 Å². The van der Waals surface area contributed by atoms with E-state index in [1.54, 1.807) is 49.6 Å². The smallest absolute Gasteiger partial charge is 0.282 e. The van der Waals surface area contributed by atoms with E-state index in [0.717, 1.165) is 12.8 Å². The minimum atomic E-state index is -0.433. The van der Waals surface area contributed by atoms with Crippen LogP contribution >= 0.6 is 0 Å². The van der Waals surface area contributed by atoms with Gasteiger partial charge in [-0.05, 0) is 48.6 Å². The van der Waals surface area contributed by atoms with E-state index in [-0.39, 0.29) is 12.5 Å². The molecular weight excluding hydrogens is 424 g/mol. The van der Waals surface area contributed by atoms with Crippen LogP contribution in [0.5, 0.6) is 17.2 Å². The van der Waals surface area contributed by atoms with Crippen molar-refractivity contribution in [2.45, 2.75) is 12.8 Å². The zero-order chi connectivity index (χ0) is 23.5. The van der Waals surface area contributed by atoms with Gasteiger partial charge in [-0.2, -0.15) is 0 Å². The largest absolute Gasteiger partial charge is 0.495 e. The van der Waals surface area contributed by atoms with E-state index in [4.69, 9.17) is 14.2 Å². The number of nitrogens with zero attached hydrogens (tertiary/aromatic N) is 2. The first-order valence-electron chi connectivity index (χ1n) is 10.9. The Morgan fingerprint density at radius 2 is 1.67 bits per heavy atom. The summed E-state index contributed by atoms with van der Waals surface area (Å²) in [5.74, 6) is 0.621. The normalized spacial score (nSPS) is 18.7. The third kappa shape index (κ3) is 4.02. The number of hydrogen-bond donors (Lipinski definition) is 1. The van der Waals surface area contributed by atoms with Gasteiger partial charge in [-0.3, -0.25) is 9.59 Å². The molecular formula is C25H28N2O6. The molecule has 2 heterocycles. The fourth-order valence-electron chi connectivity index (χ4n) is 4.51. The summed E-state index contributed by atoms with van der Waals surface area (Å²) in [5.41, 5.74) is 1.57. The monoisotopic (exact) mass is 452 g/mol. The number of aliphatic hydroxyl groups excluding tert-OH is 1. The van der Waals surface area contributed by atoms with E-state index in [0.29, 0.717) is 52.9 Å². The molecule has 0 spiro atoms. The van der Waals surface area contributed by atoms with Crippen LogP contribution in [0.4, 0.5) is 5.69 Å². The Morgan fingerprint density at radius 3 is 2.36 bits per heavy atom. The van der Waals surface area contributed by atoms with Gasteiger partial charge in [0.15, 0.2) is 11.5 Å². The summed E-state index contributed by atoms with van der Waals surface area (Å²) in [7, 11) is 4.57. The van der Waals surface area contributed by atoms with Crippen LogP contribution in [0.2, 0.25) is 0 Å². The average molecular weight is 453 g/mol. The number of imide groups is 1. The van der Waals surface area contributed by atoms with Crippen molar-refractivity contribution >= 4 is 23.1 Å². The third-order valence-electron chi connectivity index (χ3n) is 6.15. The van der Waals surface area contributed by atoms with Gasteiger partial charge in [-0.15, -0.1) is 0 Å². The topological polar surface area (TPSA) is 88.5 Å². The molecule has 2 aliphatic rings. The molecule has 0 aromatic heterocycles. The Labute approximate surface area is 193 Å². The van der Waals surface area contributed by atoms with Gasteiger partial charge in [0.2, 0.25) is 0 Å². The van der Waals surface area contributed by atoms with Gasteiger partial charge in [0.05, 0.1) is 32.6 Å². The van der Waals surface area contributed by atoms with E-state index in [1.165, 1.54) is 19.1 Å². The fourth-order valence-corrected chi connectivity index (χ4v) is 4.51. The van der Waals surface area contributed by atoms with Gasteiger partial charge in [-0.1, -0.05) is 18.2 Å². The maximum atomic E-state index is 13.8. The third-order valence-corrected chi connectivity index (χ3v) is 6.15. The number of likely N-dealkylation sites (tertiary alicyclic amines) is 1. The van der Waals surface area contributed by atoms with Gasteiger partial charge in [0.25, 0.3) is 11.8 Å². The second-order valence-electron chi connectivity index (χ2n) is 8.05. The SMILES string of the molecule is COc1ccc(C2=C(N3CCCC(CO)C3)C(=O)N(c3ccccc3OC)C2=O)cc1OC. The van der Waals surface area contributed by atoms with E-state index in [2.05, 4.69) is 0 Å². The van der Waals surface area contributed by atoms with Crippen LogP contribution < -0.4 is 19.1 Å². The molecule has 33 heavy (non-hydrogen) atoms. The lowest BCUT2D eigenvalue weighted by atomic mass is 9.96. The predicted octanol–water partition coefficient (Wildman–Crippen LogP) is 2.70. The summed E-state index contributed by atoms with van der Waals surface area (Å²) >= 11 is 0. The van der Waals surface area contributed by atoms with Crippen LogP contribution in [0.3, 0.4) is 0 Å². The summed E-state index contributed by atoms with van der Waals surface area (Å²) in [6.07, 6.45) is 1.70.